The molecule has 1 aliphatic rings. The molecule has 0 amide bonds. The number of halogens is 1. The summed E-state index contributed by atoms with van der Waals surface area (Å²) in [6.45, 7) is 4.64. The second-order valence-corrected chi connectivity index (χ2v) is 5.79. The quantitative estimate of drug-likeness (QED) is 0.468. The fourth-order valence-corrected chi connectivity index (χ4v) is 2.70. The van der Waals surface area contributed by atoms with E-state index in [1.54, 1.807) is 18.4 Å². The maximum atomic E-state index is 5.74. The Morgan fingerprint density at radius 2 is 2.37 bits per heavy atom. The molecule has 1 aromatic rings. The molecule has 1 fully saturated rings. The summed E-state index contributed by atoms with van der Waals surface area (Å²) >= 11 is 1.75. The van der Waals surface area contributed by atoms with Crippen molar-refractivity contribution in [3.05, 3.63) is 22.4 Å². The zero-order valence-electron chi connectivity index (χ0n) is 11.4. The Labute approximate surface area is 136 Å². The van der Waals surface area contributed by atoms with Crippen molar-refractivity contribution in [3.63, 3.8) is 0 Å². The van der Waals surface area contributed by atoms with E-state index in [1.807, 2.05) is 0 Å². The summed E-state index contributed by atoms with van der Waals surface area (Å²) in [5, 5.41) is 8.72. The van der Waals surface area contributed by atoms with Crippen molar-refractivity contribution in [2.24, 2.45) is 4.99 Å². The molecular formula is C13H22IN3OS. The third-order valence-electron chi connectivity index (χ3n) is 3.16. The fraction of sp³-hybridized carbons (Fsp3) is 0.615. The smallest absolute Gasteiger partial charge is 0.191 e. The molecule has 19 heavy (non-hydrogen) atoms. The van der Waals surface area contributed by atoms with E-state index in [-0.39, 0.29) is 29.6 Å². The second kappa shape index (κ2) is 8.06. The predicted molar refractivity (Wildman–Crippen MR) is 91.5 cm³/mol. The average Bonchev–Trinajstić information content (AvgIpc) is 3.01. The van der Waals surface area contributed by atoms with E-state index in [9.17, 15) is 0 Å². The fourth-order valence-electron chi connectivity index (χ4n) is 2.05. The van der Waals surface area contributed by atoms with Crippen molar-refractivity contribution in [3.8, 4) is 0 Å². The second-order valence-electron chi connectivity index (χ2n) is 4.76. The number of hydrogen-bond acceptors (Lipinski definition) is 3. The number of nitrogens with zero attached hydrogens (tertiary/aromatic N) is 1. The zero-order chi connectivity index (χ0) is 12.8. The molecule has 108 valence electrons. The number of ether oxygens (including phenoxy) is 1. The van der Waals surface area contributed by atoms with Gasteiger partial charge in [0.2, 0.25) is 0 Å². The first-order valence-corrected chi connectivity index (χ1v) is 7.21. The van der Waals surface area contributed by atoms with Crippen molar-refractivity contribution >= 4 is 41.3 Å². The molecule has 2 rings (SSSR count). The largest absolute Gasteiger partial charge is 0.373 e. The van der Waals surface area contributed by atoms with Gasteiger partial charge in [-0.3, -0.25) is 4.99 Å². The molecule has 4 nitrogen and oxygen atoms in total. The number of rotatable bonds is 4. The van der Waals surface area contributed by atoms with Crippen LogP contribution in [0.2, 0.25) is 0 Å². The summed E-state index contributed by atoms with van der Waals surface area (Å²) in [5.41, 5.74) is -0.0411. The van der Waals surface area contributed by atoms with Crippen LogP contribution in [0.15, 0.2) is 22.5 Å². The van der Waals surface area contributed by atoms with E-state index < -0.39 is 0 Å². The van der Waals surface area contributed by atoms with Crippen molar-refractivity contribution in [2.45, 2.75) is 31.9 Å². The summed E-state index contributed by atoms with van der Waals surface area (Å²) < 4.78 is 5.74. The third-order valence-corrected chi connectivity index (χ3v) is 4.04. The molecule has 0 saturated carbocycles. The molecule has 2 N–H and O–H groups in total. The molecule has 0 spiro atoms. The first kappa shape index (κ1) is 16.7. The van der Waals surface area contributed by atoms with Crippen LogP contribution in [0.1, 0.15) is 24.6 Å². The number of guanidine groups is 1. The standard InChI is InChI=1S/C13H21N3OS.HI/c1-13(6-4-7-17-13)10-16-12(14-2)15-9-11-5-3-8-18-11;/h3,5,8H,4,6-7,9-10H2,1-2H3,(H2,14,15,16);1H. The molecule has 0 bridgehead atoms. The summed E-state index contributed by atoms with van der Waals surface area (Å²) in [7, 11) is 1.79. The van der Waals surface area contributed by atoms with Gasteiger partial charge in [0.25, 0.3) is 0 Å². The highest BCUT2D eigenvalue weighted by Gasteiger charge is 2.29. The van der Waals surface area contributed by atoms with Crippen LogP contribution in [0.4, 0.5) is 0 Å². The highest BCUT2D eigenvalue weighted by molar-refractivity contribution is 14.0. The van der Waals surface area contributed by atoms with Crippen LogP contribution in [0.5, 0.6) is 0 Å². The molecule has 1 aliphatic heterocycles. The van der Waals surface area contributed by atoms with E-state index in [1.165, 1.54) is 4.88 Å². The van der Waals surface area contributed by atoms with Crippen molar-refractivity contribution in [1.29, 1.82) is 0 Å². The van der Waals surface area contributed by atoms with Crippen molar-refractivity contribution in [1.82, 2.24) is 10.6 Å². The molecule has 6 heteroatoms. The van der Waals surface area contributed by atoms with E-state index in [4.69, 9.17) is 4.74 Å². The van der Waals surface area contributed by atoms with Crippen LogP contribution in [0.3, 0.4) is 0 Å². The van der Waals surface area contributed by atoms with Crippen LogP contribution in [-0.4, -0.2) is 31.8 Å². The van der Waals surface area contributed by atoms with Gasteiger partial charge in [-0.2, -0.15) is 0 Å². The van der Waals surface area contributed by atoms with Crippen molar-refractivity contribution in [2.75, 3.05) is 20.2 Å². The number of aliphatic imine (C=N–C) groups is 1. The van der Waals surface area contributed by atoms with E-state index >= 15 is 0 Å². The molecule has 1 aromatic heterocycles. The number of nitrogens with one attached hydrogen (secondary N) is 2. The van der Waals surface area contributed by atoms with E-state index in [0.717, 1.165) is 38.5 Å². The van der Waals surface area contributed by atoms with Gasteiger partial charge in [-0.1, -0.05) is 6.07 Å². The van der Waals surface area contributed by atoms with Crippen LogP contribution in [0, 0.1) is 0 Å². The zero-order valence-corrected chi connectivity index (χ0v) is 14.6. The molecule has 0 aliphatic carbocycles. The maximum absolute atomic E-state index is 5.74. The molecule has 0 aromatic carbocycles. The summed E-state index contributed by atoms with van der Waals surface area (Å²) in [6, 6.07) is 4.18. The van der Waals surface area contributed by atoms with Gasteiger partial charge in [0, 0.05) is 25.1 Å². The Morgan fingerprint density at radius 3 is 2.95 bits per heavy atom. The normalized spacial score (nSPS) is 22.9. The monoisotopic (exact) mass is 395 g/mol. The third kappa shape index (κ3) is 5.27. The lowest BCUT2D eigenvalue weighted by molar-refractivity contribution is 0.0243. The SMILES string of the molecule is CN=C(NCc1cccs1)NCC1(C)CCCO1.I. The molecule has 1 atom stereocenters. The lowest BCUT2D eigenvalue weighted by atomic mass is 10.0. The first-order valence-electron chi connectivity index (χ1n) is 6.33. The van der Waals surface area contributed by atoms with Gasteiger partial charge >= 0.3 is 0 Å². The van der Waals surface area contributed by atoms with Gasteiger partial charge in [-0.25, -0.2) is 0 Å². The lowest BCUT2D eigenvalue weighted by Crippen LogP contribution is -2.45. The van der Waals surface area contributed by atoms with Crippen LogP contribution < -0.4 is 10.6 Å². The Hall–Kier alpha value is -0.340. The molecule has 2 heterocycles. The number of thiophene rings is 1. The Kier molecular flexibility index (Phi) is 7.09. The van der Waals surface area contributed by atoms with E-state index in [0.29, 0.717) is 0 Å². The van der Waals surface area contributed by atoms with Gasteiger partial charge in [0.05, 0.1) is 12.1 Å². The minimum atomic E-state index is -0.0411. The topological polar surface area (TPSA) is 45.7 Å². The minimum Gasteiger partial charge on any atom is -0.373 e. The lowest BCUT2D eigenvalue weighted by Gasteiger charge is -2.24. The molecular weight excluding hydrogens is 373 g/mol. The predicted octanol–water partition coefficient (Wildman–Crippen LogP) is 2.60. The maximum Gasteiger partial charge on any atom is 0.191 e. The minimum absolute atomic E-state index is 0. The first-order chi connectivity index (χ1) is 8.72. The van der Waals surface area contributed by atoms with Gasteiger partial charge in [0.1, 0.15) is 0 Å². The molecule has 1 saturated heterocycles. The molecule has 1 unspecified atom stereocenters. The highest BCUT2D eigenvalue weighted by atomic mass is 127. The van der Waals surface area contributed by atoms with Crippen molar-refractivity contribution < 1.29 is 4.74 Å². The Bertz CT molecular complexity index is 389. The van der Waals surface area contributed by atoms with Crippen LogP contribution >= 0.6 is 35.3 Å². The Balaban J connectivity index is 0.00000180. The average molecular weight is 395 g/mol. The summed E-state index contributed by atoms with van der Waals surface area (Å²) in [4.78, 5) is 5.53. The van der Waals surface area contributed by atoms with Crippen LogP contribution in [-0.2, 0) is 11.3 Å². The number of hydrogen-bond donors (Lipinski definition) is 2. The van der Waals surface area contributed by atoms with Gasteiger partial charge in [-0.05, 0) is 31.2 Å². The Morgan fingerprint density at radius 1 is 1.53 bits per heavy atom. The van der Waals surface area contributed by atoms with Crippen LogP contribution in [0.25, 0.3) is 0 Å². The van der Waals surface area contributed by atoms with E-state index in [2.05, 4.69) is 40.1 Å². The van der Waals surface area contributed by atoms with Gasteiger partial charge in [0.15, 0.2) is 5.96 Å². The van der Waals surface area contributed by atoms with Gasteiger partial charge < -0.3 is 15.4 Å². The van der Waals surface area contributed by atoms with Gasteiger partial charge in [-0.15, -0.1) is 35.3 Å². The highest BCUT2D eigenvalue weighted by Crippen LogP contribution is 2.23. The summed E-state index contributed by atoms with van der Waals surface area (Å²) in [5.74, 6) is 0.833. The molecule has 0 radical (unpaired) electrons. The summed E-state index contributed by atoms with van der Waals surface area (Å²) in [6.07, 6.45) is 2.27.